The van der Waals surface area contributed by atoms with Crippen LogP contribution in [0, 0.1) is 0 Å². The maximum atomic E-state index is 12.7. The Kier molecular flexibility index (Phi) is 2.63. The average molecular weight is 278 g/mol. The summed E-state index contributed by atoms with van der Waals surface area (Å²) in [5.74, 6) is 0.312. The molecule has 0 atom stereocenters. The number of hydrogen-bond acceptors (Lipinski definition) is 3. The molecule has 0 saturated heterocycles. The predicted octanol–water partition coefficient (Wildman–Crippen LogP) is 3.00. The minimum atomic E-state index is -4.39. The Morgan fingerprint density at radius 1 is 1.10 bits per heavy atom. The van der Waals surface area contributed by atoms with E-state index in [0.717, 1.165) is 12.1 Å². The van der Waals surface area contributed by atoms with Crippen molar-refractivity contribution in [2.24, 2.45) is 0 Å². The van der Waals surface area contributed by atoms with E-state index >= 15 is 0 Å². The molecule has 0 unspecified atom stereocenters. The van der Waals surface area contributed by atoms with Crippen LogP contribution in [-0.2, 0) is 6.18 Å². The zero-order chi connectivity index (χ0) is 14.3. The predicted molar refractivity (Wildman–Crippen MR) is 67.8 cm³/mol. The van der Waals surface area contributed by atoms with Crippen LogP contribution in [0.25, 0.3) is 16.9 Å². The molecule has 0 spiro atoms. The third-order valence-electron chi connectivity index (χ3n) is 2.87. The molecule has 0 aliphatic rings. The molecule has 0 aliphatic carbocycles. The van der Waals surface area contributed by atoms with Crippen LogP contribution in [0.15, 0.2) is 42.6 Å². The monoisotopic (exact) mass is 278 g/mol. The highest BCUT2D eigenvalue weighted by Crippen LogP contribution is 2.32. The number of rotatable bonds is 1. The highest BCUT2D eigenvalue weighted by Gasteiger charge is 2.30. The van der Waals surface area contributed by atoms with E-state index in [9.17, 15) is 13.2 Å². The Bertz CT molecular complexity index is 777. The zero-order valence-corrected chi connectivity index (χ0v) is 10.1. The average Bonchev–Trinajstić information content (AvgIpc) is 2.87. The normalized spacial score (nSPS) is 11.9. The first-order valence-corrected chi connectivity index (χ1v) is 5.73. The fourth-order valence-electron chi connectivity index (χ4n) is 1.94. The van der Waals surface area contributed by atoms with Crippen LogP contribution in [0.4, 0.5) is 19.0 Å². The minimum absolute atomic E-state index is 0.312. The maximum Gasteiger partial charge on any atom is 0.416 e. The Morgan fingerprint density at radius 2 is 1.90 bits per heavy atom. The molecule has 0 saturated carbocycles. The number of benzene rings is 1. The van der Waals surface area contributed by atoms with Crippen LogP contribution in [0.5, 0.6) is 0 Å². The first kappa shape index (κ1) is 12.5. The number of anilines is 1. The van der Waals surface area contributed by atoms with Gasteiger partial charge in [0.25, 0.3) is 0 Å². The van der Waals surface area contributed by atoms with Crippen molar-refractivity contribution in [1.29, 1.82) is 0 Å². The second-order valence-electron chi connectivity index (χ2n) is 4.25. The van der Waals surface area contributed by atoms with Gasteiger partial charge in [0, 0.05) is 17.7 Å². The standard InChI is InChI=1S/C13H9F3N4/c14-13(15,16)9-3-1-2-8(6-9)10-7-11(17)20-12(19-10)4-5-18-20/h1-7H,17H2. The summed E-state index contributed by atoms with van der Waals surface area (Å²) in [5, 5.41) is 3.96. The summed E-state index contributed by atoms with van der Waals surface area (Å²) in [6.45, 7) is 0. The van der Waals surface area contributed by atoms with Gasteiger partial charge in [-0.1, -0.05) is 12.1 Å². The molecule has 102 valence electrons. The van der Waals surface area contributed by atoms with Gasteiger partial charge in [0.15, 0.2) is 5.65 Å². The molecule has 7 heteroatoms. The lowest BCUT2D eigenvalue weighted by Gasteiger charge is -2.09. The molecular formula is C13H9F3N4. The van der Waals surface area contributed by atoms with Gasteiger partial charge in [0.2, 0.25) is 0 Å². The molecule has 20 heavy (non-hydrogen) atoms. The van der Waals surface area contributed by atoms with Crippen molar-refractivity contribution in [3.05, 3.63) is 48.2 Å². The molecular weight excluding hydrogens is 269 g/mol. The van der Waals surface area contributed by atoms with Crippen LogP contribution in [0.1, 0.15) is 5.56 Å². The van der Waals surface area contributed by atoms with E-state index in [4.69, 9.17) is 5.73 Å². The quantitative estimate of drug-likeness (QED) is 0.744. The van der Waals surface area contributed by atoms with Crippen molar-refractivity contribution in [2.45, 2.75) is 6.18 Å². The molecule has 2 N–H and O–H groups in total. The summed E-state index contributed by atoms with van der Waals surface area (Å²) >= 11 is 0. The van der Waals surface area contributed by atoms with E-state index in [1.54, 1.807) is 12.1 Å². The number of halogens is 3. The van der Waals surface area contributed by atoms with Crippen molar-refractivity contribution in [2.75, 3.05) is 5.73 Å². The van der Waals surface area contributed by atoms with Crippen LogP contribution < -0.4 is 5.73 Å². The van der Waals surface area contributed by atoms with Gasteiger partial charge in [-0.25, -0.2) is 4.98 Å². The van der Waals surface area contributed by atoms with Crippen molar-refractivity contribution in [3.8, 4) is 11.3 Å². The van der Waals surface area contributed by atoms with Crippen LogP contribution >= 0.6 is 0 Å². The second-order valence-corrected chi connectivity index (χ2v) is 4.25. The van der Waals surface area contributed by atoms with Gasteiger partial charge in [-0.05, 0) is 12.1 Å². The highest BCUT2D eigenvalue weighted by atomic mass is 19.4. The number of aromatic nitrogens is 3. The fraction of sp³-hybridized carbons (Fsp3) is 0.0769. The molecule has 2 aromatic heterocycles. The van der Waals surface area contributed by atoms with Crippen molar-refractivity contribution >= 4 is 11.5 Å². The van der Waals surface area contributed by atoms with Gasteiger partial charge in [0.05, 0.1) is 17.5 Å². The van der Waals surface area contributed by atoms with Crippen LogP contribution in [0.2, 0.25) is 0 Å². The van der Waals surface area contributed by atoms with Crippen molar-refractivity contribution < 1.29 is 13.2 Å². The lowest BCUT2D eigenvalue weighted by atomic mass is 10.1. The fourth-order valence-corrected chi connectivity index (χ4v) is 1.94. The third kappa shape index (κ3) is 2.07. The van der Waals surface area contributed by atoms with E-state index in [-0.39, 0.29) is 0 Å². The number of nitrogens with two attached hydrogens (primary N) is 1. The lowest BCUT2D eigenvalue weighted by Crippen LogP contribution is -2.05. The van der Waals surface area contributed by atoms with E-state index < -0.39 is 11.7 Å². The van der Waals surface area contributed by atoms with Gasteiger partial charge in [-0.2, -0.15) is 22.8 Å². The topological polar surface area (TPSA) is 56.2 Å². The van der Waals surface area contributed by atoms with E-state index in [2.05, 4.69) is 10.1 Å². The van der Waals surface area contributed by atoms with Gasteiger partial charge >= 0.3 is 6.18 Å². The molecule has 0 bridgehead atoms. The van der Waals surface area contributed by atoms with Gasteiger partial charge in [0.1, 0.15) is 5.82 Å². The van der Waals surface area contributed by atoms with Crippen LogP contribution in [-0.4, -0.2) is 14.6 Å². The molecule has 0 fully saturated rings. The summed E-state index contributed by atoms with van der Waals surface area (Å²) < 4.78 is 39.5. The van der Waals surface area contributed by atoms with E-state index in [1.165, 1.54) is 22.8 Å². The minimum Gasteiger partial charge on any atom is -0.384 e. The van der Waals surface area contributed by atoms with Gasteiger partial charge < -0.3 is 5.73 Å². The second kappa shape index (κ2) is 4.22. The largest absolute Gasteiger partial charge is 0.416 e. The number of hydrogen-bond donors (Lipinski definition) is 1. The maximum absolute atomic E-state index is 12.7. The number of fused-ring (bicyclic) bond motifs is 1. The molecule has 0 aliphatic heterocycles. The van der Waals surface area contributed by atoms with Crippen molar-refractivity contribution in [1.82, 2.24) is 14.6 Å². The summed E-state index contributed by atoms with van der Waals surface area (Å²) in [6.07, 6.45) is -2.86. The zero-order valence-electron chi connectivity index (χ0n) is 10.1. The van der Waals surface area contributed by atoms with Gasteiger partial charge in [-0.3, -0.25) is 0 Å². The molecule has 4 nitrogen and oxygen atoms in total. The molecule has 3 rings (SSSR count). The first-order valence-electron chi connectivity index (χ1n) is 5.73. The smallest absolute Gasteiger partial charge is 0.384 e. The number of alkyl halides is 3. The highest BCUT2D eigenvalue weighted by molar-refractivity contribution is 5.66. The molecule has 0 radical (unpaired) electrons. The third-order valence-corrected chi connectivity index (χ3v) is 2.87. The molecule has 0 amide bonds. The molecule has 1 aromatic carbocycles. The number of nitrogen functional groups attached to an aromatic ring is 1. The first-order chi connectivity index (χ1) is 9.45. The van der Waals surface area contributed by atoms with Gasteiger partial charge in [-0.15, -0.1) is 0 Å². The SMILES string of the molecule is Nc1cc(-c2cccc(C(F)(F)F)c2)nc2ccnn12. The summed E-state index contributed by atoms with van der Waals surface area (Å²) in [7, 11) is 0. The summed E-state index contributed by atoms with van der Waals surface area (Å²) in [5.41, 5.74) is 6.30. The summed E-state index contributed by atoms with van der Waals surface area (Å²) in [6, 6.07) is 8.10. The van der Waals surface area contributed by atoms with E-state index in [1.807, 2.05) is 0 Å². The Balaban J connectivity index is 2.15. The summed E-state index contributed by atoms with van der Waals surface area (Å²) in [4.78, 5) is 4.24. The molecule has 2 heterocycles. The number of nitrogens with zero attached hydrogens (tertiary/aromatic N) is 3. The Hall–Kier alpha value is -2.57. The Labute approximate surface area is 111 Å². The van der Waals surface area contributed by atoms with Crippen molar-refractivity contribution in [3.63, 3.8) is 0 Å². The molecule has 3 aromatic rings. The lowest BCUT2D eigenvalue weighted by molar-refractivity contribution is -0.137. The van der Waals surface area contributed by atoms with E-state index in [0.29, 0.717) is 22.7 Å². The van der Waals surface area contributed by atoms with Crippen LogP contribution in [0.3, 0.4) is 0 Å². The Morgan fingerprint density at radius 3 is 2.65 bits per heavy atom.